The molecule has 0 radical (unpaired) electrons. The molecule has 0 aliphatic heterocycles. The van der Waals surface area contributed by atoms with Crippen molar-refractivity contribution in [2.75, 3.05) is 13.2 Å². The van der Waals surface area contributed by atoms with E-state index in [1.165, 1.54) is 0 Å². The highest BCUT2D eigenvalue weighted by atomic mass is 16.4. The van der Waals surface area contributed by atoms with Crippen molar-refractivity contribution in [2.45, 2.75) is 25.7 Å². The smallest absolute Gasteiger partial charge is 0.328 e. The van der Waals surface area contributed by atoms with E-state index >= 15 is 0 Å². The molecule has 0 rings (SSSR count). The number of carboxylic acids is 4. The van der Waals surface area contributed by atoms with Crippen LogP contribution in [0.3, 0.4) is 0 Å². The maximum atomic E-state index is 9.55. The van der Waals surface area contributed by atoms with Crippen molar-refractivity contribution in [3.05, 3.63) is 24.3 Å². The molecule has 0 saturated heterocycles. The van der Waals surface area contributed by atoms with Crippen LogP contribution >= 0.6 is 0 Å². The van der Waals surface area contributed by atoms with Gasteiger partial charge in [-0.05, 0) is 12.8 Å². The van der Waals surface area contributed by atoms with Crippen LogP contribution in [0, 0.1) is 0 Å². The minimum Gasteiger partial charge on any atom is -0.478 e. The quantitative estimate of drug-likeness (QED) is 0.243. The number of unbranched alkanes of at least 4 members (excludes halogenated alkanes) is 3. The van der Waals surface area contributed by atoms with Gasteiger partial charge in [-0.1, -0.05) is 12.8 Å². The second kappa shape index (κ2) is 20.3. The van der Waals surface area contributed by atoms with Crippen LogP contribution < -0.4 is 0 Å². The molecule has 6 N–H and O–H groups in total. The molecule has 0 aromatic heterocycles. The highest BCUT2D eigenvalue weighted by molar-refractivity contribution is 5.90. The number of rotatable bonds is 9. The van der Waals surface area contributed by atoms with Crippen LogP contribution in [-0.4, -0.2) is 67.7 Å². The van der Waals surface area contributed by atoms with Gasteiger partial charge in [0.1, 0.15) is 0 Å². The first kappa shape index (κ1) is 26.2. The molecule has 0 spiro atoms. The normalized spacial score (nSPS) is 9.58. The molecule has 0 heterocycles. The van der Waals surface area contributed by atoms with E-state index in [0.29, 0.717) is 24.3 Å². The topological polar surface area (TPSA) is 190 Å². The van der Waals surface area contributed by atoms with E-state index in [1.807, 2.05) is 0 Å². The lowest BCUT2D eigenvalue weighted by Crippen LogP contribution is -1.91. The number of carbonyl (C=O) groups is 4. The molecule has 138 valence electrons. The third-order valence-corrected chi connectivity index (χ3v) is 1.80. The van der Waals surface area contributed by atoms with E-state index < -0.39 is 23.9 Å². The van der Waals surface area contributed by atoms with Gasteiger partial charge in [0, 0.05) is 37.5 Å². The summed E-state index contributed by atoms with van der Waals surface area (Å²) < 4.78 is 0. The summed E-state index contributed by atoms with van der Waals surface area (Å²) in [4.78, 5) is 38.2. The number of aliphatic hydroxyl groups is 2. The fourth-order valence-corrected chi connectivity index (χ4v) is 0.862. The van der Waals surface area contributed by atoms with Crippen LogP contribution in [0.15, 0.2) is 24.3 Å². The SMILES string of the molecule is O=C(O)C=CC(=O)O.O=C(O)C=CC(=O)O.OCCCCCCO. The second-order valence-corrected chi connectivity index (χ2v) is 3.88. The number of aliphatic carboxylic acids is 4. The Morgan fingerprint density at radius 2 is 0.708 bits per heavy atom. The monoisotopic (exact) mass is 350 g/mol. The van der Waals surface area contributed by atoms with Gasteiger partial charge in [0.25, 0.3) is 0 Å². The zero-order valence-electron chi connectivity index (χ0n) is 12.9. The Kier molecular flexibility index (Phi) is 22.1. The minimum atomic E-state index is -1.26. The Morgan fingerprint density at radius 3 is 0.833 bits per heavy atom. The molecule has 10 heteroatoms. The van der Waals surface area contributed by atoms with Gasteiger partial charge < -0.3 is 30.6 Å². The third kappa shape index (κ3) is 42.7. The van der Waals surface area contributed by atoms with Crippen molar-refractivity contribution in [1.29, 1.82) is 0 Å². The van der Waals surface area contributed by atoms with E-state index in [-0.39, 0.29) is 13.2 Å². The first-order chi connectivity index (χ1) is 11.2. The van der Waals surface area contributed by atoms with Gasteiger partial charge in [-0.25, -0.2) is 19.2 Å². The molecular formula is C14H22O10. The van der Waals surface area contributed by atoms with Gasteiger partial charge in [0.05, 0.1) is 0 Å². The Hall–Kier alpha value is -2.72. The zero-order chi connectivity index (χ0) is 19.4. The Bertz CT molecular complexity index is 353. The third-order valence-electron chi connectivity index (χ3n) is 1.80. The van der Waals surface area contributed by atoms with Gasteiger partial charge in [-0.15, -0.1) is 0 Å². The van der Waals surface area contributed by atoms with Gasteiger partial charge in [-0.3, -0.25) is 0 Å². The average molecular weight is 350 g/mol. The fraction of sp³-hybridized carbons (Fsp3) is 0.429. The van der Waals surface area contributed by atoms with Crippen LogP contribution in [0.1, 0.15) is 25.7 Å². The highest BCUT2D eigenvalue weighted by Crippen LogP contribution is 1.96. The molecule has 0 amide bonds. The maximum Gasteiger partial charge on any atom is 0.328 e. The van der Waals surface area contributed by atoms with E-state index in [9.17, 15) is 19.2 Å². The van der Waals surface area contributed by atoms with Crippen molar-refractivity contribution in [2.24, 2.45) is 0 Å². The molecule has 0 aliphatic carbocycles. The minimum absolute atomic E-state index is 0.283. The molecule has 0 aromatic rings. The lowest BCUT2D eigenvalue weighted by Gasteiger charge is -1.93. The summed E-state index contributed by atoms with van der Waals surface area (Å²) in [6.07, 6.45) is 6.06. The molecule has 0 aromatic carbocycles. The van der Waals surface area contributed by atoms with Crippen molar-refractivity contribution >= 4 is 23.9 Å². The zero-order valence-corrected chi connectivity index (χ0v) is 12.9. The average Bonchev–Trinajstić information content (AvgIpc) is 2.49. The predicted octanol–water partition coefficient (Wildman–Crippen LogP) is -0.0450. The fourth-order valence-electron chi connectivity index (χ4n) is 0.862. The molecule has 0 bridgehead atoms. The molecule has 0 atom stereocenters. The largest absolute Gasteiger partial charge is 0.478 e. The van der Waals surface area contributed by atoms with Gasteiger partial charge >= 0.3 is 23.9 Å². The van der Waals surface area contributed by atoms with Crippen molar-refractivity contribution < 1.29 is 49.8 Å². The first-order valence-corrected chi connectivity index (χ1v) is 6.66. The summed E-state index contributed by atoms with van der Waals surface area (Å²) in [5, 5.41) is 47.9. The summed E-state index contributed by atoms with van der Waals surface area (Å²) in [5.41, 5.74) is 0. The molecule has 0 saturated carbocycles. The van der Waals surface area contributed by atoms with Crippen molar-refractivity contribution in [3.63, 3.8) is 0 Å². The van der Waals surface area contributed by atoms with E-state index in [1.54, 1.807) is 0 Å². The lowest BCUT2D eigenvalue weighted by molar-refractivity contribution is -0.134. The highest BCUT2D eigenvalue weighted by Gasteiger charge is 1.88. The van der Waals surface area contributed by atoms with E-state index in [2.05, 4.69) is 0 Å². The molecular weight excluding hydrogens is 328 g/mol. The van der Waals surface area contributed by atoms with Crippen LogP contribution in [0.25, 0.3) is 0 Å². The Morgan fingerprint density at radius 1 is 0.500 bits per heavy atom. The number of aliphatic hydroxyl groups excluding tert-OH is 2. The Labute approximate surface area is 138 Å². The van der Waals surface area contributed by atoms with E-state index in [0.717, 1.165) is 25.7 Å². The van der Waals surface area contributed by atoms with Gasteiger partial charge in [0.15, 0.2) is 0 Å². The second-order valence-electron chi connectivity index (χ2n) is 3.88. The number of hydrogen-bond donors (Lipinski definition) is 6. The molecule has 10 nitrogen and oxygen atoms in total. The standard InChI is InChI=1S/C6H14O2.2C4H4O4/c7-5-3-1-2-4-6-8;2*5-3(6)1-2-4(7)8/h7-8H,1-6H2;2*1-2H,(H,5,6)(H,7,8). The van der Waals surface area contributed by atoms with Crippen LogP contribution in [0.2, 0.25) is 0 Å². The number of hydrogen-bond acceptors (Lipinski definition) is 6. The van der Waals surface area contributed by atoms with Crippen LogP contribution in [0.4, 0.5) is 0 Å². The summed E-state index contributed by atoms with van der Waals surface area (Å²) >= 11 is 0. The van der Waals surface area contributed by atoms with Gasteiger partial charge in [-0.2, -0.15) is 0 Å². The van der Waals surface area contributed by atoms with Crippen LogP contribution in [0.5, 0.6) is 0 Å². The maximum absolute atomic E-state index is 9.55. The van der Waals surface area contributed by atoms with Crippen molar-refractivity contribution in [1.82, 2.24) is 0 Å². The lowest BCUT2D eigenvalue weighted by atomic mass is 10.2. The summed E-state index contributed by atoms with van der Waals surface area (Å²) in [7, 11) is 0. The Balaban J connectivity index is -0.000000276. The van der Waals surface area contributed by atoms with Crippen molar-refractivity contribution in [3.8, 4) is 0 Å². The predicted molar refractivity (Wildman–Crippen MR) is 81.5 cm³/mol. The molecule has 0 aliphatic rings. The molecule has 0 unspecified atom stereocenters. The summed E-state index contributed by atoms with van der Waals surface area (Å²) in [5.74, 6) is -5.03. The number of carboxylic acid groups (broad SMARTS) is 4. The summed E-state index contributed by atoms with van der Waals surface area (Å²) in [6.45, 7) is 0.566. The molecule has 24 heavy (non-hydrogen) atoms. The molecule has 0 fully saturated rings. The van der Waals surface area contributed by atoms with E-state index in [4.69, 9.17) is 30.6 Å². The van der Waals surface area contributed by atoms with Gasteiger partial charge in [0.2, 0.25) is 0 Å². The first-order valence-electron chi connectivity index (χ1n) is 6.66. The summed E-state index contributed by atoms with van der Waals surface area (Å²) in [6, 6.07) is 0. The van der Waals surface area contributed by atoms with Crippen LogP contribution in [-0.2, 0) is 19.2 Å².